The van der Waals surface area contributed by atoms with Gasteiger partial charge >= 0.3 is 0 Å². The Morgan fingerprint density at radius 1 is 1.37 bits per heavy atom. The van der Waals surface area contributed by atoms with Crippen LogP contribution >= 0.6 is 35.0 Å². The number of nitrogens with one attached hydrogen (secondary N) is 1. The normalized spacial score (nSPS) is 14.7. The molecule has 0 aliphatic heterocycles. The summed E-state index contributed by atoms with van der Waals surface area (Å²) >= 11 is 13.7. The lowest BCUT2D eigenvalue weighted by molar-refractivity contribution is 0.162. The summed E-state index contributed by atoms with van der Waals surface area (Å²) in [6.07, 6.45) is 0.856. The van der Waals surface area contributed by atoms with Crippen molar-refractivity contribution in [2.45, 2.75) is 43.7 Å². The van der Waals surface area contributed by atoms with Crippen molar-refractivity contribution in [1.82, 2.24) is 5.32 Å². The Morgan fingerprint density at radius 3 is 2.63 bits per heavy atom. The second-order valence-electron chi connectivity index (χ2n) is 5.19. The van der Waals surface area contributed by atoms with Crippen LogP contribution in [0, 0.1) is 0 Å². The van der Waals surface area contributed by atoms with Crippen LogP contribution in [-0.2, 0) is 0 Å². The lowest BCUT2D eigenvalue weighted by Crippen LogP contribution is -2.49. The van der Waals surface area contributed by atoms with Gasteiger partial charge in [-0.15, -0.1) is 11.8 Å². The molecule has 0 saturated carbocycles. The highest BCUT2D eigenvalue weighted by Gasteiger charge is 2.23. The Labute approximate surface area is 129 Å². The van der Waals surface area contributed by atoms with E-state index in [1.807, 2.05) is 19.1 Å². The molecule has 1 rings (SSSR count). The maximum absolute atomic E-state index is 9.51. The van der Waals surface area contributed by atoms with Gasteiger partial charge in [0.25, 0.3) is 0 Å². The molecule has 0 fully saturated rings. The average molecular weight is 322 g/mol. The molecule has 19 heavy (non-hydrogen) atoms. The van der Waals surface area contributed by atoms with E-state index in [2.05, 4.69) is 19.2 Å². The second kappa shape index (κ2) is 7.75. The van der Waals surface area contributed by atoms with Crippen LogP contribution in [0.4, 0.5) is 0 Å². The van der Waals surface area contributed by atoms with Crippen molar-refractivity contribution in [1.29, 1.82) is 0 Å². The molecule has 2 nitrogen and oxygen atoms in total. The van der Waals surface area contributed by atoms with Crippen molar-refractivity contribution in [3.8, 4) is 0 Å². The minimum Gasteiger partial charge on any atom is -0.394 e. The minimum absolute atomic E-state index is 0.120. The summed E-state index contributed by atoms with van der Waals surface area (Å²) in [5.74, 6) is 0.872. The van der Waals surface area contributed by atoms with Gasteiger partial charge in [-0.25, -0.2) is 0 Å². The Balaban J connectivity index is 2.55. The van der Waals surface area contributed by atoms with Crippen LogP contribution in [0.1, 0.15) is 27.2 Å². The van der Waals surface area contributed by atoms with Crippen LogP contribution in [0.25, 0.3) is 0 Å². The molecule has 1 aromatic rings. The number of aliphatic hydroxyl groups is 1. The molecular weight excluding hydrogens is 301 g/mol. The van der Waals surface area contributed by atoms with Crippen LogP contribution in [0.2, 0.25) is 10.0 Å². The van der Waals surface area contributed by atoms with E-state index in [1.54, 1.807) is 17.8 Å². The SMILES string of the molecule is CC(C)NC(C)(CO)CCSc1cc(Cl)ccc1Cl. The molecule has 0 bridgehead atoms. The fraction of sp³-hybridized carbons (Fsp3) is 0.571. The topological polar surface area (TPSA) is 32.3 Å². The molecule has 1 aromatic carbocycles. The van der Waals surface area contributed by atoms with Gasteiger partial charge in [0.2, 0.25) is 0 Å². The third-order valence-electron chi connectivity index (χ3n) is 2.79. The van der Waals surface area contributed by atoms with Gasteiger partial charge in [-0.05, 0) is 37.3 Å². The fourth-order valence-corrected chi connectivity index (χ4v) is 3.57. The van der Waals surface area contributed by atoms with E-state index in [9.17, 15) is 5.11 Å². The van der Waals surface area contributed by atoms with Gasteiger partial charge in [0.15, 0.2) is 0 Å². The quantitative estimate of drug-likeness (QED) is 0.737. The number of halogens is 2. The molecule has 0 aliphatic rings. The monoisotopic (exact) mass is 321 g/mol. The standard InChI is InChI=1S/C14H21Cl2NOS/c1-10(2)17-14(3,9-18)6-7-19-13-8-11(15)4-5-12(13)16/h4-5,8,10,17-18H,6-7,9H2,1-3H3. The number of benzene rings is 1. The van der Waals surface area contributed by atoms with Gasteiger partial charge in [0.1, 0.15) is 0 Å². The molecule has 108 valence electrons. The molecular formula is C14H21Cl2NOS. The van der Waals surface area contributed by atoms with Crippen molar-refractivity contribution in [2.24, 2.45) is 0 Å². The lowest BCUT2D eigenvalue weighted by Gasteiger charge is -2.31. The Kier molecular flexibility index (Phi) is 6.98. The van der Waals surface area contributed by atoms with Crippen molar-refractivity contribution < 1.29 is 5.11 Å². The predicted octanol–water partition coefficient (Wildman–Crippen LogP) is 4.22. The molecule has 0 spiro atoms. The van der Waals surface area contributed by atoms with E-state index in [-0.39, 0.29) is 12.1 Å². The third-order valence-corrected chi connectivity index (χ3v) is 4.52. The first-order valence-corrected chi connectivity index (χ1v) is 8.07. The largest absolute Gasteiger partial charge is 0.394 e. The van der Waals surface area contributed by atoms with Crippen molar-refractivity contribution >= 4 is 35.0 Å². The van der Waals surface area contributed by atoms with E-state index in [4.69, 9.17) is 23.2 Å². The summed E-state index contributed by atoms with van der Waals surface area (Å²) in [7, 11) is 0. The van der Waals surface area contributed by atoms with Gasteiger partial charge in [-0.2, -0.15) is 0 Å². The number of aliphatic hydroxyl groups excluding tert-OH is 1. The Bertz CT molecular complexity index is 414. The predicted molar refractivity (Wildman–Crippen MR) is 85.6 cm³/mol. The van der Waals surface area contributed by atoms with Crippen LogP contribution in [0.5, 0.6) is 0 Å². The van der Waals surface area contributed by atoms with Crippen LogP contribution in [0.3, 0.4) is 0 Å². The van der Waals surface area contributed by atoms with Crippen LogP contribution in [0.15, 0.2) is 23.1 Å². The van der Waals surface area contributed by atoms with E-state index in [1.165, 1.54) is 0 Å². The average Bonchev–Trinajstić information content (AvgIpc) is 2.32. The molecule has 1 unspecified atom stereocenters. The highest BCUT2D eigenvalue weighted by Crippen LogP contribution is 2.31. The maximum Gasteiger partial charge on any atom is 0.0610 e. The molecule has 0 radical (unpaired) electrons. The highest BCUT2D eigenvalue weighted by molar-refractivity contribution is 7.99. The number of rotatable bonds is 7. The third kappa shape index (κ3) is 5.92. The fourth-order valence-electron chi connectivity index (χ4n) is 1.87. The van der Waals surface area contributed by atoms with Gasteiger partial charge in [0.05, 0.1) is 11.6 Å². The molecule has 0 amide bonds. The smallest absolute Gasteiger partial charge is 0.0610 e. The number of thioether (sulfide) groups is 1. The minimum atomic E-state index is -0.258. The molecule has 0 saturated heterocycles. The zero-order chi connectivity index (χ0) is 14.5. The molecule has 0 aromatic heterocycles. The molecule has 0 aliphatic carbocycles. The summed E-state index contributed by atoms with van der Waals surface area (Å²) < 4.78 is 0. The van der Waals surface area contributed by atoms with Crippen molar-refractivity contribution in [3.63, 3.8) is 0 Å². The number of hydrogen-bond donors (Lipinski definition) is 2. The first-order valence-electron chi connectivity index (χ1n) is 6.33. The molecule has 1 atom stereocenters. The van der Waals surface area contributed by atoms with Gasteiger partial charge in [-0.1, -0.05) is 37.0 Å². The Hall–Kier alpha value is 0.0700. The summed E-state index contributed by atoms with van der Waals surface area (Å²) in [5, 5.41) is 14.3. The van der Waals surface area contributed by atoms with Gasteiger partial charge in [-0.3, -0.25) is 0 Å². The second-order valence-corrected chi connectivity index (χ2v) is 7.17. The molecule has 0 heterocycles. The summed E-state index contributed by atoms with van der Waals surface area (Å²) in [6, 6.07) is 5.81. The molecule has 5 heteroatoms. The van der Waals surface area contributed by atoms with Crippen LogP contribution in [-0.4, -0.2) is 29.0 Å². The van der Waals surface area contributed by atoms with E-state index < -0.39 is 0 Å². The first kappa shape index (κ1) is 17.1. The van der Waals surface area contributed by atoms with Gasteiger partial charge in [0, 0.05) is 21.5 Å². The van der Waals surface area contributed by atoms with Crippen LogP contribution < -0.4 is 5.32 Å². The van der Waals surface area contributed by atoms with Crippen molar-refractivity contribution in [2.75, 3.05) is 12.4 Å². The zero-order valence-corrected chi connectivity index (χ0v) is 13.9. The Morgan fingerprint density at radius 2 is 2.05 bits per heavy atom. The first-order chi connectivity index (χ1) is 8.86. The molecule has 2 N–H and O–H groups in total. The van der Waals surface area contributed by atoms with E-state index >= 15 is 0 Å². The lowest BCUT2D eigenvalue weighted by atomic mass is 9.99. The summed E-state index contributed by atoms with van der Waals surface area (Å²) in [4.78, 5) is 0.985. The zero-order valence-electron chi connectivity index (χ0n) is 11.5. The maximum atomic E-state index is 9.51. The van der Waals surface area contributed by atoms with Gasteiger partial charge < -0.3 is 10.4 Å². The highest BCUT2D eigenvalue weighted by atomic mass is 35.5. The van der Waals surface area contributed by atoms with E-state index in [0.29, 0.717) is 11.1 Å². The van der Waals surface area contributed by atoms with E-state index in [0.717, 1.165) is 22.1 Å². The number of hydrogen-bond acceptors (Lipinski definition) is 3. The summed E-state index contributed by atoms with van der Waals surface area (Å²) in [5.41, 5.74) is -0.258. The summed E-state index contributed by atoms with van der Waals surface area (Å²) in [6.45, 7) is 6.31. The van der Waals surface area contributed by atoms with Crippen molar-refractivity contribution in [3.05, 3.63) is 28.2 Å².